The highest BCUT2D eigenvalue weighted by atomic mass is 35.5. The summed E-state index contributed by atoms with van der Waals surface area (Å²) >= 11 is 6.15. The molecule has 6 heteroatoms. The summed E-state index contributed by atoms with van der Waals surface area (Å²) in [5, 5.41) is 7.53. The van der Waals surface area contributed by atoms with E-state index in [1.807, 2.05) is 33.8 Å². The van der Waals surface area contributed by atoms with Gasteiger partial charge in [0.05, 0.1) is 17.9 Å². The molecule has 114 valence electrons. The Kier molecular flexibility index (Phi) is 4.73. The van der Waals surface area contributed by atoms with E-state index in [0.29, 0.717) is 12.2 Å². The maximum Gasteiger partial charge on any atom is 0.287 e. The van der Waals surface area contributed by atoms with Crippen LogP contribution in [-0.4, -0.2) is 9.78 Å². The minimum Gasteiger partial charge on any atom is -0.466 e. The molecule has 5 nitrogen and oxygen atoms in total. The monoisotopic (exact) mass is 309 g/mol. The molecule has 1 N–H and O–H groups in total. The van der Waals surface area contributed by atoms with Crippen LogP contribution in [0.1, 0.15) is 43.4 Å². The molecule has 0 aliphatic carbocycles. The van der Waals surface area contributed by atoms with Gasteiger partial charge < -0.3 is 9.73 Å². The molecule has 0 fully saturated rings. The van der Waals surface area contributed by atoms with Gasteiger partial charge in [0.15, 0.2) is 0 Å². The van der Waals surface area contributed by atoms with E-state index >= 15 is 0 Å². The van der Waals surface area contributed by atoms with E-state index in [4.69, 9.17) is 16.0 Å². The summed E-state index contributed by atoms with van der Waals surface area (Å²) in [6.07, 6.45) is 2.43. The summed E-state index contributed by atoms with van der Waals surface area (Å²) < 4.78 is 6.90. The molecule has 0 saturated carbocycles. The van der Waals surface area contributed by atoms with Crippen molar-refractivity contribution in [2.75, 3.05) is 5.32 Å². The fourth-order valence-electron chi connectivity index (χ4n) is 2.33. The molecular formula is C15H20ClN3O2. The number of nitrogens with one attached hydrogen (secondary N) is 1. The first-order chi connectivity index (χ1) is 9.93. The first-order valence-electron chi connectivity index (χ1n) is 7.03. The Labute approximate surface area is 128 Å². The van der Waals surface area contributed by atoms with Gasteiger partial charge in [-0.3, -0.25) is 4.79 Å². The van der Waals surface area contributed by atoms with Gasteiger partial charge in [0.1, 0.15) is 16.5 Å². The second-order valence-electron chi connectivity index (χ2n) is 5.14. The zero-order valence-electron chi connectivity index (χ0n) is 12.7. The summed E-state index contributed by atoms with van der Waals surface area (Å²) in [6, 6.07) is 1.95. The molecule has 21 heavy (non-hydrogen) atoms. The van der Waals surface area contributed by atoms with E-state index in [9.17, 15) is 4.79 Å². The number of anilines is 1. The highest BCUT2D eigenvalue weighted by Crippen LogP contribution is 2.26. The number of hydrogen-bond donors (Lipinski definition) is 1. The van der Waals surface area contributed by atoms with Crippen molar-refractivity contribution in [2.45, 2.75) is 46.7 Å². The van der Waals surface area contributed by atoms with Crippen LogP contribution in [0.4, 0.5) is 5.69 Å². The summed E-state index contributed by atoms with van der Waals surface area (Å²) in [4.78, 5) is 12.1. The molecule has 2 aromatic heterocycles. The van der Waals surface area contributed by atoms with Crippen LogP contribution in [0.5, 0.6) is 0 Å². The number of halogens is 1. The van der Waals surface area contributed by atoms with Gasteiger partial charge in [-0.05, 0) is 33.3 Å². The van der Waals surface area contributed by atoms with Gasteiger partial charge in [-0.2, -0.15) is 5.10 Å². The van der Waals surface area contributed by atoms with Gasteiger partial charge in [-0.1, -0.05) is 18.5 Å². The van der Waals surface area contributed by atoms with Gasteiger partial charge in [0.2, 0.25) is 0 Å². The maximum absolute atomic E-state index is 12.1. The van der Waals surface area contributed by atoms with Crippen molar-refractivity contribution in [2.24, 2.45) is 0 Å². The highest BCUT2D eigenvalue weighted by molar-refractivity contribution is 6.32. The third kappa shape index (κ3) is 3.29. The minimum atomic E-state index is -0.268. The zero-order chi connectivity index (χ0) is 15.6. The quantitative estimate of drug-likeness (QED) is 0.915. The van der Waals surface area contributed by atoms with Crippen LogP contribution in [0.25, 0.3) is 0 Å². The first kappa shape index (κ1) is 15.6. The summed E-state index contributed by atoms with van der Waals surface area (Å²) in [6.45, 7) is 8.36. The standard InChI is InChI=1S/C15H20ClN3O2/c1-5-6-19-15(20)14(16)13(8-17-19)18-10(3)12-7-9(2)21-11(12)4/h7-8,10,18H,5-6H2,1-4H3. The van der Waals surface area contributed by atoms with Gasteiger partial charge >= 0.3 is 0 Å². The fraction of sp³-hybridized carbons (Fsp3) is 0.467. The van der Waals surface area contributed by atoms with E-state index < -0.39 is 0 Å². The van der Waals surface area contributed by atoms with E-state index in [1.54, 1.807) is 6.20 Å². The molecule has 0 aliphatic heterocycles. The predicted molar refractivity (Wildman–Crippen MR) is 84.0 cm³/mol. The third-order valence-corrected chi connectivity index (χ3v) is 3.70. The Morgan fingerprint density at radius 3 is 2.76 bits per heavy atom. The van der Waals surface area contributed by atoms with E-state index in [2.05, 4.69) is 10.4 Å². The molecule has 2 rings (SSSR count). The van der Waals surface area contributed by atoms with Gasteiger partial charge in [0, 0.05) is 12.1 Å². The van der Waals surface area contributed by atoms with E-state index in [1.165, 1.54) is 4.68 Å². The topological polar surface area (TPSA) is 60.1 Å². The van der Waals surface area contributed by atoms with Crippen molar-refractivity contribution >= 4 is 17.3 Å². The molecule has 0 aromatic carbocycles. The van der Waals surface area contributed by atoms with Crippen molar-refractivity contribution in [1.82, 2.24) is 9.78 Å². The lowest BCUT2D eigenvalue weighted by molar-refractivity contribution is 0.499. The van der Waals surface area contributed by atoms with Gasteiger partial charge in [0.25, 0.3) is 5.56 Å². The number of nitrogens with zero attached hydrogens (tertiary/aromatic N) is 2. The highest BCUT2D eigenvalue weighted by Gasteiger charge is 2.16. The van der Waals surface area contributed by atoms with Crippen LogP contribution >= 0.6 is 11.6 Å². The second-order valence-corrected chi connectivity index (χ2v) is 5.51. The summed E-state index contributed by atoms with van der Waals surface area (Å²) in [5.74, 6) is 1.72. The normalized spacial score (nSPS) is 12.4. The van der Waals surface area contributed by atoms with E-state index in [-0.39, 0.29) is 16.6 Å². The fourth-order valence-corrected chi connectivity index (χ4v) is 2.53. The van der Waals surface area contributed by atoms with Gasteiger partial charge in [-0.25, -0.2) is 4.68 Å². The minimum absolute atomic E-state index is 0.0248. The van der Waals surface area contributed by atoms with Crippen molar-refractivity contribution < 1.29 is 4.42 Å². The number of hydrogen-bond acceptors (Lipinski definition) is 4. The van der Waals surface area contributed by atoms with Gasteiger partial charge in [-0.15, -0.1) is 0 Å². The third-order valence-electron chi connectivity index (χ3n) is 3.34. The Bertz CT molecular complexity index is 691. The Morgan fingerprint density at radius 1 is 1.48 bits per heavy atom. The molecule has 0 radical (unpaired) electrons. The first-order valence-corrected chi connectivity index (χ1v) is 7.41. The molecule has 1 unspecified atom stereocenters. The number of aryl methyl sites for hydroxylation is 3. The molecule has 0 amide bonds. The van der Waals surface area contributed by atoms with E-state index in [0.717, 1.165) is 23.5 Å². The largest absolute Gasteiger partial charge is 0.466 e. The SMILES string of the molecule is CCCn1ncc(NC(C)c2cc(C)oc2C)c(Cl)c1=O. The summed E-state index contributed by atoms with van der Waals surface area (Å²) in [5.41, 5.74) is 1.32. The lowest BCUT2D eigenvalue weighted by Gasteiger charge is -2.16. The Hall–Kier alpha value is -1.75. The van der Waals surface area contributed by atoms with Crippen LogP contribution in [0.3, 0.4) is 0 Å². The van der Waals surface area contributed by atoms with Crippen molar-refractivity contribution in [3.05, 3.63) is 44.7 Å². The molecular weight excluding hydrogens is 290 g/mol. The predicted octanol–water partition coefficient (Wildman–Crippen LogP) is 3.69. The molecule has 2 aromatic rings. The lowest BCUT2D eigenvalue weighted by atomic mass is 10.1. The van der Waals surface area contributed by atoms with Crippen molar-refractivity contribution in [3.8, 4) is 0 Å². The number of aromatic nitrogens is 2. The van der Waals surface area contributed by atoms with Crippen LogP contribution in [0.2, 0.25) is 5.02 Å². The van der Waals surface area contributed by atoms with Crippen molar-refractivity contribution in [3.63, 3.8) is 0 Å². The Balaban J connectivity index is 2.26. The maximum atomic E-state index is 12.1. The average molecular weight is 310 g/mol. The van der Waals surface area contributed by atoms with Crippen LogP contribution < -0.4 is 10.9 Å². The molecule has 1 atom stereocenters. The summed E-state index contributed by atoms with van der Waals surface area (Å²) in [7, 11) is 0. The zero-order valence-corrected chi connectivity index (χ0v) is 13.5. The van der Waals surface area contributed by atoms with Crippen LogP contribution in [0.15, 0.2) is 21.5 Å². The molecule has 0 spiro atoms. The molecule has 2 heterocycles. The molecule has 0 saturated heterocycles. The number of furan rings is 1. The second kappa shape index (κ2) is 6.35. The Morgan fingerprint density at radius 2 is 2.19 bits per heavy atom. The number of rotatable bonds is 5. The lowest BCUT2D eigenvalue weighted by Crippen LogP contribution is -2.24. The van der Waals surface area contributed by atoms with Crippen LogP contribution in [-0.2, 0) is 6.54 Å². The van der Waals surface area contributed by atoms with Crippen LogP contribution in [0, 0.1) is 13.8 Å². The average Bonchev–Trinajstić information content (AvgIpc) is 2.77. The van der Waals surface area contributed by atoms with Crippen molar-refractivity contribution in [1.29, 1.82) is 0 Å². The molecule has 0 bridgehead atoms. The smallest absolute Gasteiger partial charge is 0.287 e. The molecule has 0 aliphatic rings.